The lowest BCUT2D eigenvalue weighted by Gasteiger charge is -2.20. The first-order valence-electron chi connectivity index (χ1n) is 7.02. The quantitative estimate of drug-likeness (QED) is 0.331. The van der Waals surface area contributed by atoms with Gasteiger partial charge in [-0.15, -0.1) is 6.58 Å². The van der Waals surface area contributed by atoms with Crippen molar-refractivity contribution in [3.8, 4) is 0 Å². The Morgan fingerprint density at radius 2 is 2.00 bits per heavy atom. The zero-order chi connectivity index (χ0) is 16.9. The predicted molar refractivity (Wildman–Crippen MR) is 77.9 cm³/mol. The predicted octanol–water partition coefficient (Wildman–Crippen LogP) is 1.42. The number of hydrogen-bond donors (Lipinski definition) is 1. The first kappa shape index (κ1) is 18.0. The summed E-state index contributed by atoms with van der Waals surface area (Å²) in [7, 11) is 1.27. The maximum Gasteiger partial charge on any atom is 0.407 e. The fourth-order valence-electron chi connectivity index (χ4n) is 2.41. The van der Waals surface area contributed by atoms with Crippen molar-refractivity contribution in [1.29, 1.82) is 0 Å². The summed E-state index contributed by atoms with van der Waals surface area (Å²) in [5.74, 6) is -1.39. The molecule has 0 aromatic rings. The number of alkyl carbamates (subject to hydrolysis) is 1. The summed E-state index contributed by atoms with van der Waals surface area (Å²) in [5.41, 5.74) is -0.644. The van der Waals surface area contributed by atoms with Crippen LogP contribution in [0.3, 0.4) is 0 Å². The number of hydrogen-bond acceptors (Lipinski definition) is 6. The molecule has 1 fully saturated rings. The molecular formula is C15H23NO6. The molecule has 0 heterocycles. The van der Waals surface area contributed by atoms with Gasteiger partial charge < -0.3 is 19.5 Å². The number of esters is 1. The lowest BCUT2D eigenvalue weighted by Crippen LogP contribution is -2.36. The molecule has 0 radical (unpaired) electrons. The third-order valence-electron chi connectivity index (χ3n) is 3.29. The van der Waals surface area contributed by atoms with Crippen LogP contribution < -0.4 is 5.32 Å². The molecule has 1 N–H and O–H groups in total. The molecule has 0 aliphatic heterocycles. The van der Waals surface area contributed by atoms with Gasteiger partial charge in [0.05, 0.1) is 19.1 Å². The van der Waals surface area contributed by atoms with E-state index in [2.05, 4.69) is 11.9 Å². The molecule has 124 valence electrons. The van der Waals surface area contributed by atoms with E-state index in [-0.39, 0.29) is 5.92 Å². The molecule has 1 amide bonds. The number of methoxy groups -OCH3 is 1. The van der Waals surface area contributed by atoms with Crippen LogP contribution in [0.1, 0.15) is 27.2 Å². The second-order valence-corrected chi connectivity index (χ2v) is 6.09. The number of nitrogens with one attached hydrogen (secondary N) is 1. The van der Waals surface area contributed by atoms with Gasteiger partial charge in [0.2, 0.25) is 0 Å². The normalized spacial score (nSPS) is 24.6. The van der Waals surface area contributed by atoms with Crippen LogP contribution >= 0.6 is 0 Å². The SMILES string of the molecule is C=CC[C@@H](OC=O)[C@H]1[C@@H](NC(=O)OC(C)(C)C)[C@@H]1C(=O)OC. The third kappa shape index (κ3) is 4.75. The molecular weight excluding hydrogens is 290 g/mol. The fraction of sp³-hybridized carbons (Fsp3) is 0.667. The Hall–Kier alpha value is -2.05. The Morgan fingerprint density at radius 3 is 2.45 bits per heavy atom. The molecule has 0 spiro atoms. The van der Waals surface area contributed by atoms with Crippen LogP contribution in [-0.2, 0) is 23.8 Å². The van der Waals surface area contributed by atoms with Gasteiger partial charge in [0, 0.05) is 12.3 Å². The van der Waals surface area contributed by atoms with E-state index in [1.807, 2.05) is 0 Å². The maximum atomic E-state index is 11.8. The van der Waals surface area contributed by atoms with E-state index in [0.717, 1.165) is 0 Å². The van der Waals surface area contributed by atoms with Crippen molar-refractivity contribution < 1.29 is 28.6 Å². The summed E-state index contributed by atoms with van der Waals surface area (Å²) in [5, 5.41) is 2.63. The van der Waals surface area contributed by atoms with E-state index >= 15 is 0 Å². The molecule has 1 aliphatic carbocycles. The third-order valence-corrected chi connectivity index (χ3v) is 3.29. The van der Waals surface area contributed by atoms with Gasteiger partial charge in [-0.25, -0.2) is 4.79 Å². The zero-order valence-corrected chi connectivity index (χ0v) is 13.3. The first-order valence-corrected chi connectivity index (χ1v) is 7.02. The van der Waals surface area contributed by atoms with Gasteiger partial charge in [0.25, 0.3) is 6.47 Å². The van der Waals surface area contributed by atoms with Gasteiger partial charge in [-0.2, -0.15) is 0 Å². The number of ether oxygens (including phenoxy) is 3. The summed E-state index contributed by atoms with van der Waals surface area (Å²) in [4.78, 5) is 34.2. The number of carbonyl (C=O) groups excluding carboxylic acids is 3. The zero-order valence-electron chi connectivity index (χ0n) is 13.3. The minimum atomic E-state index is -0.644. The van der Waals surface area contributed by atoms with Crippen LogP contribution in [0.4, 0.5) is 4.79 Å². The van der Waals surface area contributed by atoms with Crippen molar-refractivity contribution in [2.24, 2.45) is 11.8 Å². The van der Waals surface area contributed by atoms with Crippen LogP contribution in [0.15, 0.2) is 12.7 Å². The van der Waals surface area contributed by atoms with E-state index in [1.54, 1.807) is 26.8 Å². The highest BCUT2D eigenvalue weighted by Gasteiger charge is 2.61. The van der Waals surface area contributed by atoms with Crippen molar-refractivity contribution in [2.45, 2.75) is 44.9 Å². The highest BCUT2D eigenvalue weighted by molar-refractivity contribution is 5.80. The molecule has 1 saturated carbocycles. The summed E-state index contributed by atoms with van der Waals surface area (Å²) in [6.45, 7) is 9.14. The van der Waals surface area contributed by atoms with Crippen molar-refractivity contribution in [1.82, 2.24) is 5.32 Å². The highest BCUT2D eigenvalue weighted by atomic mass is 16.6. The van der Waals surface area contributed by atoms with Gasteiger partial charge >= 0.3 is 12.1 Å². The molecule has 7 heteroatoms. The van der Waals surface area contributed by atoms with Crippen LogP contribution in [0, 0.1) is 11.8 Å². The summed E-state index contributed by atoms with van der Waals surface area (Å²) in [6.07, 6.45) is 0.797. The largest absolute Gasteiger partial charge is 0.469 e. The highest BCUT2D eigenvalue weighted by Crippen LogP contribution is 2.45. The molecule has 0 aromatic heterocycles. The lowest BCUT2D eigenvalue weighted by molar-refractivity contribution is -0.144. The molecule has 1 aliphatic rings. The van der Waals surface area contributed by atoms with Crippen LogP contribution in [-0.4, -0.2) is 43.4 Å². The second kappa shape index (κ2) is 7.29. The lowest BCUT2D eigenvalue weighted by atomic mass is 10.1. The first-order chi connectivity index (χ1) is 10.2. The van der Waals surface area contributed by atoms with Crippen molar-refractivity contribution in [3.63, 3.8) is 0 Å². The molecule has 1 rings (SSSR count). The van der Waals surface area contributed by atoms with Crippen molar-refractivity contribution >= 4 is 18.5 Å². The van der Waals surface area contributed by atoms with Crippen LogP contribution in [0.2, 0.25) is 0 Å². The van der Waals surface area contributed by atoms with Crippen LogP contribution in [0.25, 0.3) is 0 Å². The Balaban J connectivity index is 2.77. The molecule has 4 atom stereocenters. The minimum Gasteiger partial charge on any atom is -0.469 e. The smallest absolute Gasteiger partial charge is 0.407 e. The molecule has 0 unspecified atom stereocenters. The molecule has 22 heavy (non-hydrogen) atoms. The summed E-state index contributed by atoms with van der Waals surface area (Å²) >= 11 is 0. The maximum absolute atomic E-state index is 11.8. The van der Waals surface area contributed by atoms with E-state index in [1.165, 1.54) is 7.11 Å². The molecule has 0 saturated heterocycles. The Bertz CT molecular complexity index is 432. The summed E-state index contributed by atoms with van der Waals surface area (Å²) in [6, 6.07) is -0.493. The molecule has 0 aromatic carbocycles. The fourth-order valence-corrected chi connectivity index (χ4v) is 2.41. The van der Waals surface area contributed by atoms with Gasteiger partial charge in [-0.1, -0.05) is 6.08 Å². The van der Waals surface area contributed by atoms with E-state index in [4.69, 9.17) is 14.2 Å². The Labute approximate surface area is 130 Å². The number of amides is 1. The Morgan fingerprint density at radius 1 is 1.36 bits per heavy atom. The van der Waals surface area contributed by atoms with E-state index in [0.29, 0.717) is 12.9 Å². The molecule has 0 bridgehead atoms. The Kier molecular flexibility index (Phi) is 5.96. The number of carbonyl (C=O) groups is 3. The van der Waals surface area contributed by atoms with Gasteiger partial charge in [-0.3, -0.25) is 9.59 Å². The van der Waals surface area contributed by atoms with Crippen LogP contribution in [0.5, 0.6) is 0 Å². The second-order valence-electron chi connectivity index (χ2n) is 6.09. The van der Waals surface area contributed by atoms with Crippen molar-refractivity contribution in [3.05, 3.63) is 12.7 Å². The van der Waals surface area contributed by atoms with Gasteiger partial charge in [-0.05, 0) is 20.8 Å². The molecule has 7 nitrogen and oxygen atoms in total. The number of rotatable bonds is 7. The standard InChI is InChI=1S/C15H23NO6/c1-6-7-9(21-8-17)10-11(13(18)20-5)12(10)16-14(19)22-15(2,3)4/h6,8-12H,1,7H2,2-5H3,(H,16,19)/t9-,10-,11-,12-/m1/s1. The van der Waals surface area contributed by atoms with Crippen molar-refractivity contribution in [2.75, 3.05) is 7.11 Å². The summed E-state index contributed by atoms with van der Waals surface area (Å²) < 4.78 is 14.9. The average molecular weight is 313 g/mol. The van der Waals surface area contributed by atoms with Gasteiger partial charge in [0.15, 0.2) is 0 Å². The van der Waals surface area contributed by atoms with E-state index < -0.39 is 35.7 Å². The monoisotopic (exact) mass is 313 g/mol. The average Bonchev–Trinajstić information content (AvgIpc) is 3.09. The van der Waals surface area contributed by atoms with E-state index in [9.17, 15) is 14.4 Å². The minimum absolute atomic E-state index is 0.325. The topological polar surface area (TPSA) is 90.9 Å². The van der Waals surface area contributed by atoms with Gasteiger partial charge in [0.1, 0.15) is 11.7 Å².